The van der Waals surface area contributed by atoms with Crippen LogP contribution in [0.3, 0.4) is 0 Å². The van der Waals surface area contributed by atoms with Crippen LogP contribution in [0.4, 0.5) is 0 Å². The minimum atomic E-state index is 0.485. The Bertz CT molecular complexity index is 609. The second-order valence-electron chi connectivity index (χ2n) is 5.89. The highest BCUT2D eigenvalue weighted by Gasteiger charge is 2.14. The number of hydrogen-bond donors (Lipinski definition) is 1. The summed E-state index contributed by atoms with van der Waals surface area (Å²) in [6.45, 7) is 13.7. The van der Waals surface area contributed by atoms with Gasteiger partial charge in [-0.1, -0.05) is 31.5 Å². The van der Waals surface area contributed by atoms with Crippen LogP contribution in [-0.4, -0.2) is 15.8 Å². The van der Waals surface area contributed by atoms with Gasteiger partial charge in [-0.3, -0.25) is 0 Å². The largest absolute Gasteiger partial charge is 0.310 e. The number of nitrogens with one attached hydrogen (secondary N) is 1. The molecule has 1 aromatic carbocycles. The lowest BCUT2D eigenvalue weighted by atomic mass is 10.1. The third kappa shape index (κ3) is 2.93. The average molecular weight is 271 g/mol. The van der Waals surface area contributed by atoms with Gasteiger partial charge in [0.2, 0.25) is 0 Å². The Hall–Kier alpha value is -1.61. The van der Waals surface area contributed by atoms with Crippen molar-refractivity contribution in [1.29, 1.82) is 0 Å². The minimum absolute atomic E-state index is 0.485. The maximum absolute atomic E-state index is 4.73. The van der Waals surface area contributed by atoms with Crippen molar-refractivity contribution in [2.75, 3.05) is 0 Å². The van der Waals surface area contributed by atoms with E-state index in [1.54, 1.807) is 0 Å². The topological polar surface area (TPSA) is 29.9 Å². The van der Waals surface area contributed by atoms with Crippen LogP contribution in [0.25, 0.3) is 5.69 Å². The van der Waals surface area contributed by atoms with Gasteiger partial charge in [0, 0.05) is 23.8 Å². The first-order valence-corrected chi connectivity index (χ1v) is 7.26. The van der Waals surface area contributed by atoms with Gasteiger partial charge in [-0.2, -0.15) is 5.10 Å². The zero-order valence-corrected chi connectivity index (χ0v) is 13.4. The average Bonchev–Trinajstić information content (AvgIpc) is 2.62. The van der Waals surface area contributed by atoms with E-state index in [9.17, 15) is 0 Å². The summed E-state index contributed by atoms with van der Waals surface area (Å²) in [5.41, 5.74) is 7.36. The molecule has 0 unspecified atom stereocenters. The van der Waals surface area contributed by atoms with Crippen LogP contribution in [0.15, 0.2) is 18.2 Å². The molecule has 3 nitrogen and oxygen atoms in total. The molecule has 0 aliphatic rings. The molecule has 0 aliphatic heterocycles. The van der Waals surface area contributed by atoms with Gasteiger partial charge >= 0.3 is 0 Å². The van der Waals surface area contributed by atoms with Crippen molar-refractivity contribution in [2.45, 2.75) is 54.1 Å². The second kappa shape index (κ2) is 5.80. The van der Waals surface area contributed by atoms with Crippen molar-refractivity contribution in [2.24, 2.45) is 0 Å². The van der Waals surface area contributed by atoms with Gasteiger partial charge in [-0.05, 0) is 39.3 Å². The van der Waals surface area contributed by atoms with Crippen LogP contribution in [0.1, 0.15) is 41.9 Å². The van der Waals surface area contributed by atoms with E-state index in [-0.39, 0.29) is 0 Å². The van der Waals surface area contributed by atoms with Crippen molar-refractivity contribution in [1.82, 2.24) is 15.1 Å². The van der Waals surface area contributed by atoms with Crippen LogP contribution in [0.5, 0.6) is 0 Å². The third-order valence-electron chi connectivity index (χ3n) is 3.71. The van der Waals surface area contributed by atoms with Crippen LogP contribution in [0.2, 0.25) is 0 Å². The summed E-state index contributed by atoms with van der Waals surface area (Å²) in [4.78, 5) is 0. The van der Waals surface area contributed by atoms with Gasteiger partial charge in [0.1, 0.15) is 0 Å². The molecule has 0 aliphatic carbocycles. The molecule has 0 bridgehead atoms. The first-order valence-electron chi connectivity index (χ1n) is 7.26. The summed E-state index contributed by atoms with van der Waals surface area (Å²) in [5.74, 6) is 0. The lowest BCUT2D eigenvalue weighted by Gasteiger charge is -2.11. The van der Waals surface area contributed by atoms with Gasteiger partial charge in [-0.15, -0.1) is 0 Å². The van der Waals surface area contributed by atoms with Gasteiger partial charge in [0.25, 0.3) is 0 Å². The molecule has 2 rings (SSSR count). The summed E-state index contributed by atoms with van der Waals surface area (Å²) < 4.78 is 2.07. The van der Waals surface area contributed by atoms with Gasteiger partial charge in [-0.25, -0.2) is 4.68 Å². The second-order valence-corrected chi connectivity index (χ2v) is 5.89. The Morgan fingerprint density at radius 1 is 1.15 bits per heavy atom. The SMILES string of the molecule is Cc1ccc(-n2nc(C)c(CNC(C)C)c2C)c(C)c1. The van der Waals surface area contributed by atoms with Gasteiger partial charge < -0.3 is 5.32 Å². The zero-order chi connectivity index (χ0) is 14.9. The summed E-state index contributed by atoms with van der Waals surface area (Å²) in [7, 11) is 0. The Balaban J connectivity index is 2.40. The first kappa shape index (κ1) is 14.8. The Labute approximate surface area is 122 Å². The Morgan fingerprint density at radius 2 is 1.85 bits per heavy atom. The van der Waals surface area contributed by atoms with Crippen molar-refractivity contribution in [3.8, 4) is 5.69 Å². The number of hydrogen-bond acceptors (Lipinski definition) is 2. The molecule has 1 N–H and O–H groups in total. The fourth-order valence-corrected chi connectivity index (χ4v) is 2.51. The van der Waals surface area contributed by atoms with E-state index >= 15 is 0 Å². The number of aromatic nitrogens is 2. The molecule has 0 fully saturated rings. The molecule has 0 saturated heterocycles. The van der Waals surface area contributed by atoms with Crippen LogP contribution >= 0.6 is 0 Å². The van der Waals surface area contributed by atoms with E-state index in [0.717, 1.165) is 12.2 Å². The van der Waals surface area contributed by atoms with Crippen molar-refractivity contribution in [3.63, 3.8) is 0 Å². The predicted octanol–water partition coefficient (Wildman–Crippen LogP) is 3.60. The fourth-order valence-electron chi connectivity index (χ4n) is 2.51. The molecule has 3 heteroatoms. The molecular formula is C17H25N3. The predicted molar refractivity (Wildman–Crippen MR) is 84.5 cm³/mol. The molecule has 0 atom stereocenters. The van der Waals surface area contributed by atoms with Gasteiger partial charge in [0.15, 0.2) is 0 Å². The molecule has 2 aromatic rings. The highest BCUT2D eigenvalue weighted by molar-refractivity contribution is 5.44. The number of benzene rings is 1. The maximum atomic E-state index is 4.73. The summed E-state index contributed by atoms with van der Waals surface area (Å²) in [6, 6.07) is 6.99. The summed E-state index contributed by atoms with van der Waals surface area (Å²) >= 11 is 0. The van der Waals surface area contributed by atoms with Crippen LogP contribution in [-0.2, 0) is 6.54 Å². The molecule has 0 radical (unpaired) electrons. The highest BCUT2D eigenvalue weighted by Crippen LogP contribution is 2.21. The molecule has 1 heterocycles. The van der Waals surface area contributed by atoms with Crippen molar-refractivity contribution in [3.05, 3.63) is 46.3 Å². The molecule has 0 amide bonds. The zero-order valence-electron chi connectivity index (χ0n) is 13.4. The smallest absolute Gasteiger partial charge is 0.0678 e. The number of nitrogens with zero attached hydrogens (tertiary/aromatic N) is 2. The van der Waals surface area contributed by atoms with Crippen LogP contribution < -0.4 is 5.32 Å². The van der Waals surface area contributed by atoms with E-state index in [1.807, 2.05) is 0 Å². The van der Waals surface area contributed by atoms with E-state index in [0.29, 0.717) is 6.04 Å². The molecule has 0 spiro atoms. The maximum Gasteiger partial charge on any atom is 0.0678 e. The highest BCUT2D eigenvalue weighted by atomic mass is 15.3. The monoisotopic (exact) mass is 271 g/mol. The molecule has 108 valence electrons. The molecule has 20 heavy (non-hydrogen) atoms. The normalized spacial score (nSPS) is 11.3. The van der Waals surface area contributed by atoms with Crippen molar-refractivity contribution < 1.29 is 0 Å². The molecule has 0 saturated carbocycles. The lowest BCUT2D eigenvalue weighted by molar-refractivity contribution is 0.586. The Kier molecular flexibility index (Phi) is 4.29. The fraction of sp³-hybridized carbons (Fsp3) is 0.471. The van der Waals surface area contributed by atoms with Crippen LogP contribution in [0, 0.1) is 27.7 Å². The van der Waals surface area contributed by atoms with E-state index in [2.05, 4.69) is 69.7 Å². The third-order valence-corrected chi connectivity index (χ3v) is 3.71. The van der Waals surface area contributed by atoms with E-state index in [1.165, 1.54) is 28.1 Å². The first-order chi connectivity index (χ1) is 9.40. The standard InChI is InChI=1S/C17H25N3/c1-11(2)18-10-16-14(5)19-20(15(16)6)17-8-7-12(3)9-13(17)4/h7-9,11,18H,10H2,1-6H3. The quantitative estimate of drug-likeness (QED) is 0.920. The summed E-state index contributed by atoms with van der Waals surface area (Å²) in [6.07, 6.45) is 0. The van der Waals surface area contributed by atoms with E-state index < -0.39 is 0 Å². The number of aryl methyl sites for hydroxylation is 3. The van der Waals surface area contributed by atoms with Crippen molar-refractivity contribution >= 4 is 0 Å². The van der Waals surface area contributed by atoms with E-state index in [4.69, 9.17) is 5.10 Å². The number of rotatable bonds is 4. The lowest BCUT2D eigenvalue weighted by Crippen LogP contribution is -2.22. The molecular weight excluding hydrogens is 246 g/mol. The summed E-state index contributed by atoms with van der Waals surface area (Å²) in [5, 5.41) is 8.20. The minimum Gasteiger partial charge on any atom is -0.310 e. The Morgan fingerprint density at radius 3 is 2.45 bits per heavy atom. The van der Waals surface area contributed by atoms with Gasteiger partial charge in [0.05, 0.1) is 11.4 Å². The molecule has 1 aromatic heterocycles.